The standard InChI is InChI=1S/C15H15FO2/c1-9-6-13(16)5-4-12(9)8-15(17)14-7-10(2)18-11(14)3/h4-7H,8H2,1-3H3. The molecule has 0 unspecified atom stereocenters. The van der Waals surface area contributed by atoms with E-state index in [-0.39, 0.29) is 18.0 Å². The third kappa shape index (κ3) is 2.50. The second kappa shape index (κ2) is 4.77. The van der Waals surface area contributed by atoms with Gasteiger partial charge in [-0.3, -0.25) is 4.79 Å². The molecule has 0 aliphatic carbocycles. The van der Waals surface area contributed by atoms with E-state index in [1.807, 2.05) is 6.92 Å². The van der Waals surface area contributed by atoms with Crippen molar-refractivity contribution in [3.63, 3.8) is 0 Å². The molecule has 2 aromatic rings. The Bertz CT molecular complexity index is 597. The van der Waals surface area contributed by atoms with E-state index in [4.69, 9.17) is 4.42 Å². The first-order valence-corrected chi connectivity index (χ1v) is 5.82. The molecule has 0 aliphatic heterocycles. The molecule has 0 bridgehead atoms. The lowest BCUT2D eigenvalue weighted by molar-refractivity contribution is 0.0991. The number of halogens is 1. The van der Waals surface area contributed by atoms with Crippen molar-refractivity contribution in [3.8, 4) is 0 Å². The van der Waals surface area contributed by atoms with Crippen LogP contribution in [0.1, 0.15) is 33.0 Å². The molecule has 0 radical (unpaired) electrons. The quantitative estimate of drug-likeness (QED) is 0.772. The molecule has 0 N–H and O–H groups in total. The van der Waals surface area contributed by atoms with E-state index in [1.165, 1.54) is 12.1 Å². The Morgan fingerprint density at radius 3 is 2.50 bits per heavy atom. The highest BCUT2D eigenvalue weighted by atomic mass is 19.1. The van der Waals surface area contributed by atoms with Crippen molar-refractivity contribution in [1.82, 2.24) is 0 Å². The van der Waals surface area contributed by atoms with Crippen LogP contribution in [0.15, 0.2) is 28.7 Å². The summed E-state index contributed by atoms with van der Waals surface area (Å²) in [5.41, 5.74) is 2.25. The van der Waals surface area contributed by atoms with Crippen LogP contribution in [-0.2, 0) is 6.42 Å². The minimum absolute atomic E-state index is 0.000872. The van der Waals surface area contributed by atoms with Crippen LogP contribution >= 0.6 is 0 Å². The van der Waals surface area contributed by atoms with Gasteiger partial charge >= 0.3 is 0 Å². The third-order valence-electron chi connectivity index (χ3n) is 3.00. The first-order valence-electron chi connectivity index (χ1n) is 5.82. The molecular formula is C15H15FO2. The van der Waals surface area contributed by atoms with Gasteiger partial charge in [-0.05, 0) is 50.1 Å². The average Bonchev–Trinajstić information content (AvgIpc) is 2.62. The maximum atomic E-state index is 13.0. The van der Waals surface area contributed by atoms with Crippen molar-refractivity contribution in [2.75, 3.05) is 0 Å². The molecule has 3 heteroatoms. The van der Waals surface area contributed by atoms with E-state index in [2.05, 4.69) is 0 Å². The zero-order valence-corrected chi connectivity index (χ0v) is 10.7. The van der Waals surface area contributed by atoms with Crippen molar-refractivity contribution in [3.05, 3.63) is 58.3 Å². The Morgan fingerprint density at radius 1 is 1.22 bits per heavy atom. The summed E-state index contributed by atoms with van der Waals surface area (Å²) in [6.07, 6.45) is 0.270. The van der Waals surface area contributed by atoms with E-state index in [1.54, 1.807) is 26.0 Å². The van der Waals surface area contributed by atoms with Crippen molar-refractivity contribution >= 4 is 5.78 Å². The molecule has 0 spiro atoms. The van der Waals surface area contributed by atoms with Crippen LogP contribution in [0.5, 0.6) is 0 Å². The van der Waals surface area contributed by atoms with Crippen LogP contribution in [0.2, 0.25) is 0 Å². The number of hydrogen-bond donors (Lipinski definition) is 0. The summed E-state index contributed by atoms with van der Waals surface area (Å²) in [4.78, 5) is 12.1. The van der Waals surface area contributed by atoms with Crippen molar-refractivity contribution in [1.29, 1.82) is 0 Å². The second-order valence-electron chi connectivity index (χ2n) is 4.50. The van der Waals surface area contributed by atoms with Gasteiger partial charge in [0.25, 0.3) is 0 Å². The van der Waals surface area contributed by atoms with Crippen molar-refractivity contribution in [2.24, 2.45) is 0 Å². The highest BCUT2D eigenvalue weighted by Crippen LogP contribution is 2.18. The summed E-state index contributed by atoms with van der Waals surface area (Å²) in [6, 6.07) is 6.22. The van der Waals surface area contributed by atoms with Gasteiger partial charge in [0.15, 0.2) is 5.78 Å². The molecule has 0 amide bonds. The minimum atomic E-state index is -0.279. The average molecular weight is 246 g/mol. The van der Waals surface area contributed by atoms with Crippen LogP contribution in [0, 0.1) is 26.6 Å². The number of hydrogen-bond acceptors (Lipinski definition) is 2. The Labute approximate surface area is 105 Å². The smallest absolute Gasteiger partial charge is 0.170 e. The van der Waals surface area contributed by atoms with Crippen molar-refractivity contribution in [2.45, 2.75) is 27.2 Å². The fourth-order valence-corrected chi connectivity index (χ4v) is 2.03. The summed E-state index contributed by atoms with van der Waals surface area (Å²) >= 11 is 0. The fourth-order valence-electron chi connectivity index (χ4n) is 2.03. The normalized spacial score (nSPS) is 10.7. The summed E-state index contributed by atoms with van der Waals surface area (Å²) in [5, 5.41) is 0. The van der Waals surface area contributed by atoms with Crippen LogP contribution < -0.4 is 0 Å². The van der Waals surface area contributed by atoms with E-state index >= 15 is 0 Å². The predicted octanol–water partition coefficient (Wildman–Crippen LogP) is 3.77. The van der Waals surface area contributed by atoms with Gasteiger partial charge in [0.2, 0.25) is 0 Å². The SMILES string of the molecule is Cc1cc(C(=O)Cc2ccc(F)cc2C)c(C)o1. The molecular weight excluding hydrogens is 231 g/mol. The van der Waals surface area contributed by atoms with E-state index < -0.39 is 0 Å². The number of Topliss-reactive ketones (excluding diaryl/α,β-unsaturated/α-hetero) is 1. The van der Waals surface area contributed by atoms with E-state index in [0.717, 1.165) is 16.9 Å². The molecule has 94 valence electrons. The lowest BCUT2D eigenvalue weighted by Crippen LogP contribution is -2.05. The molecule has 18 heavy (non-hydrogen) atoms. The Morgan fingerprint density at radius 2 is 1.94 bits per heavy atom. The summed E-state index contributed by atoms with van der Waals surface area (Å²) in [5.74, 6) is 1.09. The Balaban J connectivity index is 2.24. The molecule has 1 aromatic carbocycles. The molecule has 1 aromatic heterocycles. The van der Waals surface area contributed by atoms with Gasteiger partial charge in [0.05, 0.1) is 5.56 Å². The van der Waals surface area contributed by atoms with Crippen molar-refractivity contribution < 1.29 is 13.6 Å². The highest BCUT2D eigenvalue weighted by Gasteiger charge is 2.15. The second-order valence-corrected chi connectivity index (χ2v) is 4.50. The molecule has 0 atom stereocenters. The van der Waals surface area contributed by atoms with Gasteiger partial charge in [0, 0.05) is 6.42 Å². The summed E-state index contributed by atoms with van der Waals surface area (Å²) in [7, 11) is 0. The van der Waals surface area contributed by atoms with Gasteiger partial charge in [-0.2, -0.15) is 0 Å². The van der Waals surface area contributed by atoms with Crippen LogP contribution in [0.3, 0.4) is 0 Å². The minimum Gasteiger partial charge on any atom is -0.466 e. The van der Waals surface area contributed by atoms with Crippen LogP contribution in [-0.4, -0.2) is 5.78 Å². The number of rotatable bonds is 3. The van der Waals surface area contributed by atoms with E-state index in [9.17, 15) is 9.18 Å². The molecule has 0 aliphatic rings. The fraction of sp³-hybridized carbons (Fsp3) is 0.267. The molecule has 0 saturated heterocycles. The third-order valence-corrected chi connectivity index (χ3v) is 3.00. The zero-order valence-electron chi connectivity index (χ0n) is 10.7. The first kappa shape index (κ1) is 12.6. The van der Waals surface area contributed by atoms with Crippen LogP contribution in [0.4, 0.5) is 4.39 Å². The number of carbonyl (C=O) groups excluding carboxylic acids is 1. The number of aryl methyl sites for hydroxylation is 3. The highest BCUT2D eigenvalue weighted by molar-refractivity contribution is 5.98. The monoisotopic (exact) mass is 246 g/mol. The molecule has 2 rings (SSSR count). The predicted molar refractivity (Wildman–Crippen MR) is 67.4 cm³/mol. The molecule has 1 heterocycles. The largest absolute Gasteiger partial charge is 0.466 e. The molecule has 2 nitrogen and oxygen atoms in total. The molecule has 0 fully saturated rings. The van der Waals surface area contributed by atoms with Gasteiger partial charge in [0.1, 0.15) is 17.3 Å². The van der Waals surface area contributed by atoms with Gasteiger partial charge in [-0.15, -0.1) is 0 Å². The number of benzene rings is 1. The summed E-state index contributed by atoms with van der Waals surface area (Å²) < 4.78 is 18.3. The number of carbonyl (C=O) groups is 1. The van der Waals surface area contributed by atoms with Gasteiger partial charge < -0.3 is 4.42 Å². The topological polar surface area (TPSA) is 30.2 Å². The van der Waals surface area contributed by atoms with Crippen LogP contribution in [0.25, 0.3) is 0 Å². The number of ketones is 1. The zero-order chi connectivity index (χ0) is 13.3. The van der Waals surface area contributed by atoms with Gasteiger partial charge in [-0.1, -0.05) is 6.07 Å². The molecule has 0 saturated carbocycles. The lowest BCUT2D eigenvalue weighted by atomic mass is 9.99. The number of furan rings is 1. The summed E-state index contributed by atoms with van der Waals surface area (Å²) in [6.45, 7) is 5.39. The maximum Gasteiger partial charge on any atom is 0.170 e. The first-order chi connectivity index (χ1) is 8.47. The lowest BCUT2D eigenvalue weighted by Gasteiger charge is -2.04. The van der Waals surface area contributed by atoms with E-state index in [0.29, 0.717) is 11.3 Å². The Hall–Kier alpha value is -1.90. The van der Waals surface area contributed by atoms with Gasteiger partial charge in [-0.25, -0.2) is 4.39 Å². The maximum absolute atomic E-state index is 13.0. The Kier molecular flexibility index (Phi) is 3.32.